The average molecular weight is 535 g/mol. The molecular formula is C27H21NO11. The lowest BCUT2D eigenvalue weighted by Gasteiger charge is -2.26. The van der Waals surface area contributed by atoms with Crippen molar-refractivity contribution in [1.29, 1.82) is 0 Å². The first-order chi connectivity index (χ1) is 18.6. The number of hydrogen-bond donors (Lipinski definition) is 5. The van der Waals surface area contributed by atoms with Gasteiger partial charge in [-0.2, -0.15) is 0 Å². The lowest BCUT2D eigenvalue weighted by molar-refractivity contribution is -0.135. The van der Waals surface area contributed by atoms with Crippen molar-refractivity contribution < 1.29 is 48.6 Å². The standard InChI is InChI=1S/C27H21NO11/c1-36-17-5-3-11(7-18(17)37-10-20(28)32)13-8-21(33)38-19-9-16(31)23-24(34)25(35)26(39-27(23)22(13)19)12-2-4-14(29)15(30)6-12/h2-7,9,13,29-31,35H,8,10H2,1H3,(H2,28,32)/t13-/m0/s1. The molecule has 5 rings (SSSR count). The lowest BCUT2D eigenvalue weighted by Crippen LogP contribution is -2.22. The van der Waals surface area contributed by atoms with Gasteiger partial charge in [-0.1, -0.05) is 6.07 Å². The Morgan fingerprint density at radius 3 is 2.46 bits per heavy atom. The Hall–Kier alpha value is -5.39. The van der Waals surface area contributed by atoms with E-state index in [0.29, 0.717) is 11.3 Å². The van der Waals surface area contributed by atoms with E-state index >= 15 is 0 Å². The van der Waals surface area contributed by atoms with E-state index in [1.807, 2.05) is 0 Å². The SMILES string of the molecule is COc1ccc([C@@H]2CC(=O)Oc3cc(O)c4c(=O)c(O)c(-c5ccc(O)c(O)c5)oc4c32)cc1OCC(N)=O. The van der Waals surface area contributed by atoms with Crippen LogP contribution in [0.15, 0.2) is 51.7 Å². The summed E-state index contributed by atoms with van der Waals surface area (Å²) in [4.78, 5) is 37.0. The predicted octanol–water partition coefficient (Wildman–Crippen LogP) is 2.60. The molecule has 1 atom stereocenters. The van der Waals surface area contributed by atoms with Gasteiger partial charge >= 0.3 is 5.97 Å². The fourth-order valence-corrected chi connectivity index (χ4v) is 4.50. The Morgan fingerprint density at radius 2 is 1.77 bits per heavy atom. The molecule has 1 amide bonds. The number of primary amides is 1. The zero-order chi connectivity index (χ0) is 28.0. The van der Waals surface area contributed by atoms with Crippen molar-refractivity contribution in [3.05, 3.63) is 63.8 Å². The third-order valence-corrected chi connectivity index (χ3v) is 6.26. The summed E-state index contributed by atoms with van der Waals surface area (Å²) in [5.74, 6) is -4.52. The van der Waals surface area contributed by atoms with Gasteiger partial charge in [0.2, 0.25) is 11.2 Å². The molecule has 200 valence electrons. The van der Waals surface area contributed by atoms with Crippen LogP contribution >= 0.6 is 0 Å². The van der Waals surface area contributed by atoms with E-state index in [9.17, 15) is 34.8 Å². The number of ether oxygens (including phenoxy) is 3. The highest BCUT2D eigenvalue weighted by Crippen LogP contribution is 2.48. The maximum Gasteiger partial charge on any atom is 0.312 e. The van der Waals surface area contributed by atoms with E-state index in [2.05, 4.69) is 0 Å². The number of hydrogen-bond acceptors (Lipinski definition) is 11. The van der Waals surface area contributed by atoms with Crippen molar-refractivity contribution in [2.24, 2.45) is 5.73 Å². The molecule has 12 heteroatoms. The maximum absolute atomic E-state index is 13.2. The topological polar surface area (TPSA) is 199 Å². The van der Waals surface area contributed by atoms with Crippen molar-refractivity contribution in [1.82, 2.24) is 0 Å². The molecular weight excluding hydrogens is 514 g/mol. The second-order valence-corrected chi connectivity index (χ2v) is 8.72. The molecule has 0 bridgehead atoms. The summed E-state index contributed by atoms with van der Waals surface area (Å²) in [5, 5.41) is 40.5. The van der Waals surface area contributed by atoms with Gasteiger partial charge in [0.1, 0.15) is 22.5 Å². The van der Waals surface area contributed by atoms with E-state index < -0.39 is 52.8 Å². The number of benzene rings is 3. The van der Waals surface area contributed by atoms with Gasteiger partial charge < -0.3 is 44.8 Å². The minimum atomic E-state index is -0.977. The second kappa shape index (κ2) is 9.49. The number of aromatic hydroxyl groups is 4. The summed E-state index contributed by atoms with van der Waals surface area (Å²) in [6.07, 6.45) is -0.200. The Kier molecular flexibility index (Phi) is 6.15. The zero-order valence-electron chi connectivity index (χ0n) is 20.3. The number of carbonyl (C=O) groups excluding carboxylic acids is 2. The number of fused-ring (bicyclic) bond motifs is 3. The van der Waals surface area contributed by atoms with Gasteiger partial charge in [0, 0.05) is 23.1 Å². The lowest BCUT2D eigenvalue weighted by atomic mass is 9.85. The first-order valence-corrected chi connectivity index (χ1v) is 11.5. The highest BCUT2D eigenvalue weighted by atomic mass is 16.5. The molecule has 0 aliphatic carbocycles. The molecule has 0 unspecified atom stereocenters. The molecule has 2 heterocycles. The number of carbonyl (C=O) groups is 2. The molecule has 39 heavy (non-hydrogen) atoms. The Labute approximate surface area is 219 Å². The number of rotatable bonds is 6. The number of phenols is 3. The highest BCUT2D eigenvalue weighted by molar-refractivity contribution is 5.94. The van der Waals surface area contributed by atoms with Crippen molar-refractivity contribution in [2.75, 3.05) is 13.7 Å². The van der Waals surface area contributed by atoms with Crippen LogP contribution < -0.4 is 25.4 Å². The smallest absolute Gasteiger partial charge is 0.312 e. The molecule has 0 saturated heterocycles. The molecule has 0 fully saturated rings. The van der Waals surface area contributed by atoms with E-state index in [1.54, 1.807) is 12.1 Å². The normalized spacial score (nSPS) is 14.5. The van der Waals surface area contributed by atoms with E-state index in [1.165, 1.54) is 19.2 Å². The maximum atomic E-state index is 13.2. The van der Waals surface area contributed by atoms with Gasteiger partial charge in [0.05, 0.1) is 13.5 Å². The number of nitrogens with two attached hydrogens (primary N) is 1. The van der Waals surface area contributed by atoms with Gasteiger partial charge in [-0.05, 0) is 35.9 Å². The molecule has 3 aromatic carbocycles. The quantitative estimate of drug-likeness (QED) is 0.138. The van der Waals surface area contributed by atoms with Crippen LogP contribution in [0.2, 0.25) is 0 Å². The van der Waals surface area contributed by atoms with E-state index in [0.717, 1.165) is 18.2 Å². The first-order valence-electron chi connectivity index (χ1n) is 11.5. The molecule has 0 radical (unpaired) electrons. The summed E-state index contributed by atoms with van der Waals surface area (Å²) in [5.41, 5.74) is 4.79. The number of esters is 1. The predicted molar refractivity (Wildman–Crippen MR) is 134 cm³/mol. The Morgan fingerprint density at radius 1 is 1.00 bits per heavy atom. The summed E-state index contributed by atoms with van der Waals surface area (Å²) in [7, 11) is 1.40. The minimum Gasteiger partial charge on any atom is -0.507 e. The van der Waals surface area contributed by atoms with Crippen LogP contribution in [0.3, 0.4) is 0 Å². The third-order valence-electron chi connectivity index (χ3n) is 6.26. The molecule has 1 aliphatic rings. The minimum absolute atomic E-state index is 0.0508. The van der Waals surface area contributed by atoms with Crippen molar-refractivity contribution >= 4 is 22.8 Å². The Balaban J connectivity index is 1.77. The van der Waals surface area contributed by atoms with Crippen LogP contribution in [-0.4, -0.2) is 46.0 Å². The number of phenolic OH excluding ortho intramolecular Hbond substituents is 3. The molecule has 0 saturated carbocycles. The van der Waals surface area contributed by atoms with Crippen molar-refractivity contribution in [3.8, 4) is 51.6 Å². The molecule has 12 nitrogen and oxygen atoms in total. The second-order valence-electron chi connectivity index (χ2n) is 8.72. The van der Waals surface area contributed by atoms with E-state index in [-0.39, 0.29) is 45.8 Å². The molecule has 4 aromatic rings. The van der Waals surface area contributed by atoms with Gasteiger partial charge in [-0.3, -0.25) is 14.4 Å². The molecule has 0 spiro atoms. The van der Waals surface area contributed by atoms with Gasteiger partial charge in [0.25, 0.3) is 5.91 Å². The van der Waals surface area contributed by atoms with Crippen LogP contribution in [0.1, 0.15) is 23.5 Å². The number of amides is 1. The fraction of sp³-hybridized carbons (Fsp3) is 0.148. The van der Waals surface area contributed by atoms with Crippen LogP contribution in [0, 0.1) is 0 Å². The summed E-state index contributed by atoms with van der Waals surface area (Å²) < 4.78 is 22.1. The monoisotopic (exact) mass is 535 g/mol. The summed E-state index contributed by atoms with van der Waals surface area (Å²) in [6.45, 7) is -0.434. The molecule has 1 aromatic heterocycles. The van der Waals surface area contributed by atoms with Gasteiger partial charge in [0.15, 0.2) is 35.4 Å². The molecule has 1 aliphatic heterocycles. The average Bonchev–Trinajstić information content (AvgIpc) is 2.90. The third kappa shape index (κ3) is 4.37. The number of methoxy groups -OCH3 is 1. The van der Waals surface area contributed by atoms with Crippen LogP contribution in [-0.2, 0) is 9.59 Å². The summed E-state index contributed by atoms with van der Waals surface area (Å²) >= 11 is 0. The van der Waals surface area contributed by atoms with E-state index in [4.69, 9.17) is 24.4 Å². The van der Waals surface area contributed by atoms with Crippen molar-refractivity contribution in [2.45, 2.75) is 12.3 Å². The van der Waals surface area contributed by atoms with Crippen LogP contribution in [0.4, 0.5) is 0 Å². The molecule has 6 N–H and O–H groups in total. The summed E-state index contributed by atoms with van der Waals surface area (Å²) in [6, 6.07) is 9.33. The highest BCUT2D eigenvalue weighted by Gasteiger charge is 2.35. The van der Waals surface area contributed by atoms with Crippen LogP contribution in [0.5, 0.6) is 40.2 Å². The zero-order valence-corrected chi connectivity index (χ0v) is 20.3. The van der Waals surface area contributed by atoms with Gasteiger partial charge in [-0.15, -0.1) is 0 Å². The van der Waals surface area contributed by atoms with Gasteiger partial charge in [-0.25, -0.2) is 0 Å². The largest absolute Gasteiger partial charge is 0.507 e. The first kappa shape index (κ1) is 25.3. The van der Waals surface area contributed by atoms with Crippen LogP contribution in [0.25, 0.3) is 22.3 Å². The van der Waals surface area contributed by atoms with Crippen molar-refractivity contribution in [3.63, 3.8) is 0 Å². The Bertz CT molecular complexity index is 1720. The fourth-order valence-electron chi connectivity index (χ4n) is 4.50.